The SMILES string of the molecule is CC(=O)N1C(C)CC2CNCC21. The van der Waals surface area contributed by atoms with Crippen molar-refractivity contribution in [3.05, 3.63) is 0 Å². The Kier molecular flexibility index (Phi) is 1.83. The largest absolute Gasteiger partial charge is 0.336 e. The molecule has 2 aliphatic heterocycles. The third-order valence-electron chi connectivity index (χ3n) is 3.14. The highest BCUT2D eigenvalue weighted by Gasteiger charge is 2.42. The van der Waals surface area contributed by atoms with E-state index in [1.165, 1.54) is 6.42 Å². The molecule has 1 N–H and O–H groups in total. The van der Waals surface area contributed by atoms with Crippen LogP contribution in [0.5, 0.6) is 0 Å². The predicted molar refractivity (Wildman–Crippen MR) is 46.7 cm³/mol. The molecule has 0 saturated carbocycles. The van der Waals surface area contributed by atoms with Gasteiger partial charge in [0.15, 0.2) is 0 Å². The Hall–Kier alpha value is -0.570. The van der Waals surface area contributed by atoms with E-state index in [1.807, 2.05) is 4.90 Å². The third kappa shape index (κ3) is 1.04. The van der Waals surface area contributed by atoms with E-state index in [4.69, 9.17) is 0 Å². The lowest BCUT2D eigenvalue weighted by Gasteiger charge is -2.25. The Morgan fingerprint density at radius 2 is 2.25 bits per heavy atom. The van der Waals surface area contributed by atoms with E-state index in [1.54, 1.807) is 6.92 Å². The van der Waals surface area contributed by atoms with Gasteiger partial charge in [0.25, 0.3) is 0 Å². The van der Waals surface area contributed by atoms with Crippen molar-refractivity contribution in [2.75, 3.05) is 13.1 Å². The monoisotopic (exact) mass is 168 g/mol. The smallest absolute Gasteiger partial charge is 0.219 e. The molecule has 68 valence electrons. The molecular weight excluding hydrogens is 152 g/mol. The van der Waals surface area contributed by atoms with Gasteiger partial charge in [-0.05, 0) is 19.3 Å². The van der Waals surface area contributed by atoms with Crippen LogP contribution in [-0.4, -0.2) is 36.0 Å². The summed E-state index contributed by atoms with van der Waals surface area (Å²) in [5, 5.41) is 3.34. The molecule has 12 heavy (non-hydrogen) atoms. The number of carbonyl (C=O) groups is 1. The summed E-state index contributed by atoms with van der Waals surface area (Å²) < 4.78 is 0. The van der Waals surface area contributed by atoms with Crippen molar-refractivity contribution in [3.8, 4) is 0 Å². The second-order valence-corrected chi connectivity index (χ2v) is 4.00. The van der Waals surface area contributed by atoms with Crippen molar-refractivity contribution in [3.63, 3.8) is 0 Å². The van der Waals surface area contributed by atoms with Gasteiger partial charge in [0.2, 0.25) is 5.91 Å². The maximum atomic E-state index is 11.3. The van der Waals surface area contributed by atoms with Crippen LogP contribution in [-0.2, 0) is 4.79 Å². The zero-order chi connectivity index (χ0) is 8.72. The first-order valence-electron chi connectivity index (χ1n) is 4.69. The molecule has 0 radical (unpaired) electrons. The summed E-state index contributed by atoms with van der Waals surface area (Å²) in [6.45, 7) is 5.92. The van der Waals surface area contributed by atoms with Crippen LogP contribution in [0, 0.1) is 5.92 Å². The van der Waals surface area contributed by atoms with Crippen LogP contribution in [0.25, 0.3) is 0 Å². The van der Waals surface area contributed by atoms with Gasteiger partial charge < -0.3 is 10.2 Å². The molecule has 0 spiro atoms. The van der Waals surface area contributed by atoms with E-state index < -0.39 is 0 Å². The first-order valence-corrected chi connectivity index (χ1v) is 4.69. The number of nitrogens with one attached hydrogen (secondary N) is 1. The number of nitrogens with zero attached hydrogens (tertiary/aromatic N) is 1. The van der Waals surface area contributed by atoms with Crippen LogP contribution in [0.2, 0.25) is 0 Å². The fourth-order valence-corrected chi connectivity index (χ4v) is 2.71. The van der Waals surface area contributed by atoms with Gasteiger partial charge in [0.05, 0.1) is 0 Å². The topological polar surface area (TPSA) is 32.3 Å². The number of fused-ring (bicyclic) bond motifs is 1. The lowest BCUT2D eigenvalue weighted by molar-refractivity contribution is -0.131. The number of hydrogen-bond acceptors (Lipinski definition) is 2. The maximum absolute atomic E-state index is 11.3. The summed E-state index contributed by atoms with van der Waals surface area (Å²) in [4.78, 5) is 13.3. The molecule has 2 aliphatic rings. The molecule has 3 nitrogen and oxygen atoms in total. The minimum atomic E-state index is 0.235. The number of rotatable bonds is 0. The summed E-state index contributed by atoms with van der Waals surface area (Å²) in [5.74, 6) is 0.947. The van der Waals surface area contributed by atoms with Crippen molar-refractivity contribution in [1.29, 1.82) is 0 Å². The molecule has 2 heterocycles. The van der Waals surface area contributed by atoms with Crippen LogP contribution in [0.3, 0.4) is 0 Å². The highest BCUT2D eigenvalue weighted by Crippen LogP contribution is 2.31. The number of likely N-dealkylation sites (tertiary alicyclic amines) is 1. The minimum Gasteiger partial charge on any atom is -0.336 e. The fourth-order valence-electron chi connectivity index (χ4n) is 2.71. The van der Waals surface area contributed by atoms with Crippen molar-refractivity contribution in [1.82, 2.24) is 10.2 Å². The summed E-state index contributed by atoms with van der Waals surface area (Å²) in [6, 6.07) is 0.942. The van der Waals surface area contributed by atoms with Gasteiger partial charge in [0.1, 0.15) is 0 Å². The van der Waals surface area contributed by atoms with E-state index in [0.717, 1.165) is 13.1 Å². The Labute approximate surface area is 73.1 Å². The molecule has 0 aliphatic carbocycles. The van der Waals surface area contributed by atoms with Gasteiger partial charge in [-0.25, -0.2) is 0 Å². The van der Waals surface area contributed by atoms with Crippen LogP contribution >= 0.6 is 0 Å². The molecule has 3 heteroatoms. The normalized spacial score (nSPS) is 40.2. The van der Waals surface area contributed by atoms with Crippen molar-refractivity contribution in [2.24, 2.45) is 5.92 Å². The average Bonchev–Trinajstić information content (AvgIpc) is 2.44. The maximum Gasteiger partial charge on any atom is 0.219 e. The molecule has 2 rings (SSSR count). The number of carbonyl (C=O) groups excluding carboxylic acids is 1. The van der Waals surface area contributed by atoms with Crippen molar-refractivity contribution >= 4 is 5.91 Å². The molecule has 2 saturated heterocycles. The second-order valence-electron chi connectivity index (χ2n) is 4.00. The molecule has 0 aromatic heterocycles. The van der Waals surface area contributed by atoms with Gasteiger partial charge in [-0.15, -0.1) is 0 Å². The second kappa shape index (κ2) is 2.73. The van der Waals surface area contributed by atoms with Crippen molar-refractivity contribution < 1.29 is 4.79 Å². The summed E-state index contributed by atoms with van der Waals surface area (Å²) in [7, 11) is 0. The van der Waals surface area contributed by atoms with Crippen molar-refractivity contribution in [2.45, 2.75) is 32.4 Å². The zero-order valence-electron chi connectivity index (χ0n) is 7.71. The average molecular weight is 168 g/mol. The fraction of sp³-hybridized carbons (Fsp3) is 0.889. The predicted octanol–water partition coefficient (Wildman–Crippen LogP) is 0.215. The Morgan fingerprint density at radius 1 is 1.50 bits per heavy atom. The molecular formula is C9H16N2O. The third-order valence-corrected chi connectivity index (χ3v) is 3.14. The Morgan fingerprint density at radius 3 is 2.92 bits per heavy atom. The quantitative estimate of drug-likeness (QED) is 0.561. The minimum absolute atomic E-state index is 0.235. The van der Waals surface area contributed by atoms with Crippen LogP contribution in [0.15, 0.2) is 0 Å². The van der Waals surface area contributed by atoms with Gasteiger partial charge in [-0.1, -0.05) is 0 Å². The highest BCUT2D eigenvalue weighted by atomic mass is 16.2. The Balaban J connectivity index is 2.15. The molecule has 0 aromatic carbocycles. The van der Waals surface area contributed by atoms with E-state index in [-0.39, 0.29) is 5.91 Å². The van der Waals surface area contributed by atoms with Gasteiger partial charge in [-0.3, -0.25) is 4.79 Å². The number of hydrogen-bond donors (Lipinski definition) is 1. The lowest BCUT2D eigenvalue weighted by atomic mass is 10.0. The summed E-state index contributed by atoms with van der Waals surface area (Å²) in [6.07, 6.45) is 1.18. The molecule has 3 atom stereocenters. The highest BCUT2D eigenvalue weighted by molar-refractivity contribution is 5.74. The molecule has 3 unspecified atom stereocenters. The van der Waals surface area contributed by atoms with Crippen LogP contribution in [0.1, 0.15) is 20.3 Å². The van der Waals surface area contributed by atoms with Crippen LogP contribution < -0.4 is 5.32 Å². The summed E-state index contributed by atoms with van der Waals surface area (Å²) in [5.41, 5.74) is 0. The number of amides is 1. The van der Waals surface area contributed by atoms with Gasteiger partial charge in [-0.2, -0.15) is 0 Å². The summed E-state index contributed by atoms with van der Waals surface area (Å²) >= 11 is 0. The standard InChI is InChI=1S/C9H16N2O/c1-6-3-8-4-10-5-9(8)11(6)7(2)12/h6,8-10H,3-5H2,1-2H3. The van der Waals surface area contributed by atoms with E-state index in [9.17, 15) is 4.79 Å². The molecule has 2 fully saturated rings. The van der Waals surface area contributed by atoms with E-state index in [0.29, 0.717) is 18.0 Å². The van der Waals surface area contributed by atoms with Crippen LogP contribution in [0.4, 0.5) is 0 Å². The molecule has 0 aromatic rings. The van der Waals surface area contributed by atoms with Gasteiger partial charge in [0, 0.05) is 32.1 Å². The first kappa shape index (κ1) is 8.05. The molecule has 1 amide bonds. The zero-order valence-corrected chi connectivity index (χ0v) is 7.71. The van der Waals surface area contributed by atoms with E-state index >= 15 is 0 Å². The first-order chi connectivity index (χ1) is 5.70. The van der Waals surface area contributed by atoms with Gasteiger partial charge >= 0.3 is 0 Å². The molecule has 0 bridgehead atoms. The van der Waals surface area contributed by atoms with E-state index in [2.05, 4.69) is 12.2 Å². The Bertz CT molecular complexity index is 205. The lowest BCUT2D eigenvalue weighted by Crippen LogP contribution is -2.41.